The molecule has 0 radical (unpaired) electrons. The summed E-state index contributed by atoms with van der Waals surface area (Å²) in [4.78, 5) is 4.67. The lowest BCUT2D eigenvalue weighted by Gasteiger charge is -2.12. The minimum absolute atomic E-state index is 0.518. The first-order valence-corrected chi connectivity index (χ1v) is 7.32. The number of nitrogen functional groups attached to an aromatic ring is 1. The van der Waals surface area contributed by atoms with Crippen LogP contribution in [-0.2, 0) is 6.42 Å². The maximum Gasteiger partial charge on any atom is 0.260 e. The van der Waals surface area contributed by atoms with E-state index in [1.54, 1.807) is 0 Å². The van der Waals surface area contributed by atoms with Gasteiger partial charge in [-0.2, -0.15) is 0 Å². The number of unbranched alkanes of at least 4 members (excludes halogenated alkanes) is 1. The van der Waals surface area contributed by atoms with E-state index in [0.717, 1.165) is 52.9 Å². The Morgan fingerprint density at radius 3 is 2.67 bits per heavy atom. The van der Waals surface area contributed by atoms with Crippen LogP contribution in [-0.4, -0.2) is 10.1 Å². The molecule has 0 amide bonds. The second kappa shape index (κ2) is 5.56. The quantitative estimate of drug-likeness (QED) is 0.781. The van der Waals surface area contributed by atoms with Gasteiger partial charge in [0.05, 0.1) is 22.5 Å². The molecule has 4 nitrogen and oxygen atoms in total. The third kappa shape index (κ3) is 2.37. The van der Waals surface area contributed by atoms with Crippen molar-refractivity contribution in [1.82, 2.24) is 10.1 Å². The van der Waals surface area contributed by atoms with Crippen molar-refractivity contribution in [1.29, 1.82) is 0 Å². The number of aryl methyl sites for hydroxylation is 1. The average Bonchev–Trinajstić information content (AvgIpc) is 2.88. The Hall–Kier alpha value is -2.36. The summed E-state index contributed by atoms with van der Waals surface area (Å²) in [6.45, 7) is 4.07. The van der Waals surface area contributed by atoms with Crippen LogP contribution in [0.5, 0.6) is 0 Å². The van der Waals surface area contributed by atoms with Crippen molar-refractivity contribution >= 4 is 16.8 Å². The zero-order valence-electron chi connectivity index (χ0n) is 12.4. The minimum atomic E-state index is 0.518. The lowest BCUT2D eigenvalue weighted by molar-refractivity contribution is 0.443. The normalized spacial score (nSPS) is 11.1. The van der Waals surface area contributed by atoms with E-state index in [-0.39, 0.29) is 0 Å². The first kappa shape index (κ1) is 13.6. The Labute approximate surface area is 124 Å². The van der Waals surface area contributed by atoms with Crippen molar-refractivity contribution < 1.29 is 4.52 Å². The van der Waals surface area contributed by atoms with Gasteiger partial charge in [0.1, 0.15) is 0 Å². The van der Waals surface area contributed by atoms with Crippen LogP contribution in [0.15, 0.2) is 34.9 Å². The standard InChI is InChI=1S/C17H19N3O/c1-3-4-10-13-15(18)14-11(2)20-21-17(14)19-16(13)12-8-6-5-7-9-12/h5-9H,3-4,10H2,1-2H3,(H2,18,19). The summed E-state index contributed by atoms with van der Waals surface area (Å²) in [6, 6.07) is 10.1. The summed E-state index contributed by atoms with van der Waals surface area (Å²) in [5.74, 6) is 0. The third-order valence-electron chi connectivity index (χ3n) is 3.77. The number of pyridine rings is 1. The van der Waals surface area contributed by atoms with Gasteiger partial charge in [-0.15, -0.1) is 0 Å². The number of benzene rings is 1. The van der Waals surface area contributed by atoms with E-state index < -0.39 is 0 Å². The summed E-state index contributed by atoms with van der Waals surface area (Å²) < 4.78 is 5.31. The van der Waals surface area contributed by atoms with E-state index in [1.165, 1.54) is 0 Å². The van der Waals surface area contributed by atoms with Crippen LogP contribution >= 0.6 is 0 Å². The number of hydrogen-bond donors (Lipinski definition) is 1. The van der Waals surface area contributed by atoms with Crippen LogP contribution in [0.1, 0.15) is 31.0 Å². The predicted molar refractivity (Wildman–Crippen MR) is 85.0 cm³/mol. The Morgan fingerprint density at radius 1 is 1.19 bits per heavy atom. The molecule has 3 aromatic rings. The summed E-state index contributed by atoms with van der Waals surface area (Å²) in [7, 11) is 0. The van der Waals surface area contributed by atoms with Crippen molar-refractivity contribution in [3.63, 3.8) is 0 Å². The highest BCUT2D eigenvalue weighted by atomic mass is 16.5. The van der Waals surface area contributed by atoms with Crippen molar-refractivity contribution in [2.75, 3.05) is 5.73 Å². The molecule has 1 aromatic carbocycles. The molecule has 4 heteroatoms. The van der Waals surface area contributed by atoms with Gasteiger partial charge in [-0.3, -0.25) is 0 Å². The van der Waals surface area contributed by atoms with Gasteiger partial charge in [-0.25, -0.2) is 4.98 Å². The molecule has 0 aliphatic carbocycles. The molecule has 0 bridgehead atoms. The summed E-state index contributed by atoms with van der Waals surface area (Å²) in [5, 5.41) is 4.84. The number of anilines is 1. The molecule has 0 saturated carbocycles. The molecule has 0 unspecified atom stereocenters. The highest BCUT2D eigenvalue weighted by Crippen LogP contribution is 2.34. The lowest BCUT2D eigenvalue weighted by Crippen LogP contribution is -2.01. The molecular formula is C17H19N3O. The van der Waals surface area contributed by atoms with E-state index in [9.17, 15) is 0 Å². The van der Waals surface area contributed by atoms with Gasteiger partial charge < -0.3 is 10.3 Å². The monoisotopic (exact) mass is 281 g/mol. The molecule has 21 heavy (non-hydrogen) atoms. The zero-order chi connectivity index (χ0) is 14.8. The molecule has 0 atom stereocenters. The van der Waals surface area contributed by atoms with Crippen molar-refractivity contribution in [2.45, 2.75) is 33.1 Å². The van der Waals surface area contributed by atoms with Gasteiger partial charge in [0.15, 0.2) is 0 Å². The van der Waals surface area contributed by atoms with Gasteiger partial charge in [0.25, 0.3) is 5.71 Å². The van der Waals surface area contributed by atoms with Crippen LogP contribution < -0.4 is 5.73 Å². The molecule has 108 valence electrons. The van der Waals surface area contributed by atoms with Gasteiger partial charge in [0, 0.05) is 11.1 Å². The molecule has 0 spiro atoms. The van der Waals surface area contributed by atoms with E-state index in [2.05, 4.69) is 17.1 Å². The SMILES string of the molecule is CCCCc1c(-c2ccccc2)nc2onc(C)c2c1N. The van der Waals surface area contributed by atoms with Crippen LogP contribution in [0, 0.1) is 6.92 Å². The van der Waals surface area contributed by atoms with Gasteiger partial charge in [0.2, 0.25) is 0 Å². The van der Waals surface area contributed by atoms with Gasteiger partial charge in [-0.05, 0) is 19.8 Å². The molecule has 0 aliphatic rings. The summed E-state index contributed by atoms with van der Waals surface area (Å²) in [6.07, 6.45) is 3.12. The Morgan fingerprint density at radius 2 is 1.95 bits per heavy atom. The molecule has 2 aromatic heterocycles. The first-order valence-electron chi connectivity index (χ1n) is 7.32. The molecule has 2 N–H and O–H groups in total. The fourth-order valence-electron chi connectivity index (χ4n) is 2.63. The Kier molecular flexibility index (Phi) is 3.60. The number of hydrogen-bond acceptors (Lipinski definition) is 4. The Balaban J connectivity index is 2.26. The van der Waals surface area contributed by atoms with Crippen molar-refractivity contribution in [3.8, 4) is 11.3 Å². The highest BCUT2D eigenvalue weighted by molar-refractivity contribution is 5.94. The second-order valence-electron chi connectivity index (χ2n) is 5.27. The predicted octanol–water partition coefficient (Wildman–Crippen LogP) is 4.12. The van der Waals surface area contributed by atoms with E-state index in [0.29, 0.717) is 5.71 Å². The highest BCUT2D eigenvalue weighted by Gasteiger charge is 2.18. The van der Waals surface area contributed by atoms with Gasteiger partial charge in [-0.1, -0.05) is 48.8 Å². The Bertz CT molecular complexity index is 763. The molecule has 0 saturated heterocycles. The van der Waals surface area contributed by atoms with Crippen molar-refractivity contribution in [2.24, 2.45) is 0 Å². The number of fused-ring (bicyclic) bond motifs is 1. The van der Waals surface area contributed by atoms with E-state index in [1.807, 2.05) is 37.3 Å². The largest absolute Gasteiger partial charge is 0.398 e. The smallest absolute Gasteiger partial charge is 0.260 e. The molecular weight excluding hydrogens is 262 g/mol. The van der Waals surface area contributed by atoms with Crippen LogP contribution in [0.3, 0.4) is 0 Å². The molecule has 2 heterocycles. The van der Waals surface area contributed by atoms with Crippen LogP contribution in [0.4, 0.5) is 5.69 Å². The fourth-order valence-corrected chi connectivity index (χ4v) is 2.63. The zero-order valence-corrected chi connectivity index (χ0v) is 12.4. The molecule has 3 rings (SSSR count). The van der Waals surface area contributed by atoms with Crippen molar-refractivity contribution in [3.05, 3.63) is 41.6 Å². The van der Waals surface area contributed by atoms with Gasteiger partial charge >= 0.3 is 0 Å². The third-order valence-corrected chi connectivity index (χ3v) is 3.77. The first-order chi connectivity index (χ1) is 10.2. The van der Waals surface area contributed by atoms with E-state index >= 15 is 0 Å². The maximum absolute atomic E-state index is 6.40. The number of rotatable bonds is 4. The van der Waals surface area contributed by atoms with Crippen LogP contribution in [0.25, 0.3) is 22.4 Å². The number of nitrogens with two attached hydrogens (primary N) is 1. The lowest BCUT2D eigenvalue weighted by atomic mass is 9.98. The molecule has 0 aliphatic heterocycles. The fraction of sp³-hybridized carbons (Fsp3) is 0.294. The summed E-state index contributed by atoms with van der Waals surface area (Å²) >= 11 is 0. The average molecular weight is 281 g/mol. The minimum Gasteiger partial charge on any atom is -0.398 e. The maximum atomic E-state index is 6.40. The molecule has 0 fully saturated rings. The summed E-state index contributed by atoms with van der Waals surface area (Å²) in [5.41, 5.74) is 11.5. The van der Waals surface area contributed by atoms with Crippen LogP contribution in [0.2, 0.25) is 0 Å². The van der Waals surface area contributed by atoms with E-state index in [4.69, 9.17) is 10.3 Å². The topological polar surface area (TPSA) is 64.9 Å². The number of nitrogens with zero attached hydrogens (tertiary/aromatic N) is 2. The number of aromatic nitrogens is 2. The second-order valence-corrected chi connectivity index (χ2v) is 5.27.